The van der Waals surface area contributed by atoms with Crippen molar-refractivity contribution < 1.29 is 18.3 Å². The minimum atomic E-state index is -0.745. The van der Waals surface area contributed by atoms with Gasteiger partial charge in [0.2, 0.25) is 5.76 Å². The number of alkyl halides is 1. The molecule has 0 saturated carbocycles. The van der Waals surface area contributed by atoms with E-state index < -0.39 is 12.6 Å². The second-order valence-corrected chi connectivity index (χ2v) is 3.26. The van der Waals surface area contributed by atoms with Gasteiger partial charge < -0.3 is 9.15 Å². The average Bonchev–Trinajstić information content (AvgIpc) is 2.67. The molecule has 2 rings (SSSR count). The molecule has 1 aromatic carbocycles. The fourth-order valence-electron chi connectivity index (χ4n) is 1.59. The summed E-state index contributed by atoms with van der Waals surface area (Å²) in [6, 6.07) is 6.95. The minimum absolute atomic E-state index is 0.0365. The van der Waals surface area contributed by atoms with Crippen molar-refractivity contribution in [1.82, 2.24) is 0 Å². The molecule has 0 unspecified atom stereocenters. The van der Waals surface area contributed by atoms with E-state index in [2.05, 4.69) is 0 Å². The maximum absolute atomic E-state index is 12.9. The highest BCUT2D eigenvalue weighted by Crippen LogP contribution is 2.27. The standard InChI is InChI=1S/C12H11FO3/c1-2-15-12(14)11-9(7-13)8-5-3-4-6-10(8)16-11/h3-6H,2,7H2,1H3. The third kappa shape index (κ3) is 1.66. The first-order chi connectivity index (χ1) is 7.77. The van der Waals surface area contributed by atoms with Gasteiger partial charge in [0, 0.05) is 10.9 Å². The van der Waals surface area contributed by atoms with E-state index in [1.54, 1.807) is 31.2 Å². The number of hydrogen-bond acceptors (Lipinski definition) is 3. The summed E-state index contributed by atoms with van der Waals surface area (Å²) >= 11 is 0. The number of furan rings is 1. The molecule has 0 saturated heterocycles. The number of rotatable bonds is 3. The van der Waals surface area contributed by atoms with E-state index >= 15 is 0 Å². The smallest absolute Gasteiger partial charge is 0.374 e. The highest BCUT2D eigenvalue weighted by atomic mass is 19.1. The number of hydrogen-bond donors (Lipinski definition) is 0. The molecular formula is C12H11FO3. The van der Waals surface area contributed by atoms with Gasteiger partial charge in [0.05, 0.1) is 6.61 Å². The van der Waals surface area contributed by atoms with E-state index in [1.165, 1.54) is 0 Å². The van der Waals surface area contributed by atoms with Gasteiger partial charge in [-0.1, -0.05) is 18.2 Å². The van der Waals surface area contributed by atoms with Crippen LogP contribution in [-0.2, 0) is 11.4 Å². The second kappa shape index (κ2) is 4.35. The zero-order valence-electron chi connectivity index (χ0n) is 8.83. The highest BCUT2D eigenvalue weighted by Gasteiger charge is 2.20. The summed E-state index contributed by atoms with van der Waals surface area (Å²) in [5, 5.41) is 0.619. The van der Waals surface area contributed by atoms with Gasteiger partial charge >= 0.3 is 5.97 Å². The van der Waals surface area contributed by atoms with Crippen LogP contribution >= 0.6 is 0 Å². The molecule has 84 valence electrons. The monoisotopic (exact) mass is 222 g/mol. The summed E-state index contributed by atoms with van der Waals surface area (Å²) in [6.07, 6.45) is 0. The number of para-hydroxylation sites is 1. The number of esters is 1. The summed E-state index contributed by atoms with van der Waals surface area (Å²) in [6.45, 7) is 1.18. The summed E-state index contributed by atoms with van der Waals surface area (Å²) in [7, 11) is 0. The molecule has 0 fully saturated rings. The zero-order valence-corrected chi connectivity index (χ0v) is 8.83. The van der Waals surface area contributed by atoms with E-state index in [0.717, 1.165) is 0 Å². The Morgan fingerprint density at radius 1 is 1.44 bits per heavy atom. The van der Waals surface area contributed by atoms with Gasteiger partial charge in [-0.3, -0.25) is 0 Å². The molecule has 0 atom stereocenters. The topological polar surface area (TPSA) is 39.4 Å². The molecular weight excluding hydrogens is 211 g/mol. The average molecular weight is 222 g/mol. The Morgan fingerprint density at radius 3 is 2.88 bits per heavy atom. The molecule has 0 amide bonds. The molecule has 0 N–H and O–H groups in total. The van der Waals surface area contributed by atoms with Crippen molar-refractivity contribution in [2.75, 3.05) is 6.61 Å². The first kappa shape index (κ1) is 10.7. The van der Waals surface area contributed by atoms with Crippen LogP contribution in [0.4, 0.5) is 4.39 Å². The van der Waals surface area contributed by atoms with Crippen LogP contribution in [0.1, 0.15) is 23.0 Å². The van der Waals surface area contributed by atoms with Crippen LogP contribution in [0, 0.1) is 0 Å². The molecule has 4 heteroatoms. The molecule has 0 radical (unpaired) electrons. The van der Waals surface area contributed by atoms with Crippen molar-refractivity contribution in [2.24, 2.45) is 0 Å². The van der Waals surface area contributed by atoms with Crippen LogP contribution in [0.25, 0.3) is 11.0 Å². The third-order valence-electron chi connectivity index (χ3n) is 2.29. The van der Waals surface area contributed by atoms with Crippen molar-refractivity contribution >= 4 is 16.9 Å². The predicted molar refractivity (Wildman–Crippen MR) is 57.0 cm³/mol. The van der Waals surface area contributed by atoms with E-state index in [4.69, 9.17) is 9.15 Å². The predicted octanol–water partition coefficient (Wildman–Crippen LogP) is 3.08. The third-order valence-corrected chi connectivity index (χ3v) is 2.29. The first-order valence-corrected chi connectivity index (χ1v) is 5.01. The lowest BCUT2D eigenvalue weighted by Gasteiger charge is -1.98. The summed E-state index contributed by atoms with van der Waals surface area (Å²) < 4.78 is 23.0. The van der Waals surface area contributed by atoms with Crippen LogP contribution in [0.5, 0.6) is 0 Å². The maximum atomic E-state index is 12.9. The molecule has 1 aromatic heterocycles. The molecule has 0 spiro atoms. The lowest BCUT2D eigenvalue weighted by molar-refractivity contribution is 0.0489. The van der Waals surface area contributed by atoms with E-state index in [0.29, 0.717) is 11.0 Å². The van der Waals surface area contributed by atoms with E-state index in [9.17, 15) is 9.18 Å². The molecule has 2 aromatic rings. The number of carbonyl (C=O) groups is 1. The zero-order chi connectivity index (χ0) is 11.5. The Balaban J connectivity index is 2.56. The molecule has 0 bridgehead atoms. The number of carbonyl (C=O) groups excluding carboxylic acids is 1. The van der Waals surface area contributed by atoms with Crippen molar-refractivity contribution in [3.05, 3.63) is 35.6 Å². The molecule has 1 heterocycles. The van der Waals surface area contributed by atoms with Gasteiger partial charge in [-0.05, 0) is 13.0 Å². The number of benzene rings is 1. The Kier molecular flexibility index (Phi) is 2.90. The van der Waals surface area contributed by atoms with Crippen LogP contribution in [0.3, 0.4) is 0 Å². The fraction of sp³-hybridized carbons (Fsp3) is 0.250. The Labute approximate surface area is 91.8 Å². The highest BCUT2D eigenvalue weighted by molar-refractivity contribution is 5.95. The Bertz CT molecular complexity index is 516. The summed E-state index contributed by atoms with van der Waals surface area (Å²) in [5.41, 5.74) is 0.757. The van der Waals surface area contributed by atoms with Gasteiger partial charge in [-0.15, -0.1) is 0 Å². The molecule has 3 nitrogen and oxygen atoms in total. The number of ether oxygens (including phenoxy) is 1. The fourth-order valence-corrected chi connectivity index (χ4v) is 1.59. The van der Waals surface area contributed by atoms with Crippen LogP contribution in [0.2, 0.25) is 0 Å². The normalized spacial score (nSPS) is 10.6. The minimum Gasteiger partial charge on any atom is -0.460 e. The van der Waals surface area contributed by atoms with Crippen LogP contribution < -0.4 is 0 Å². The largest absolute Gasteiger partial charge is 0.460 e. The van der Waals surface area contributed by atoms with Gasteiger partial charge in [0.25, 0.3) is 0 Å². The number of fused-ring (bicyclic) bond motifs is 1. The van der Waals surface area contributed by atoms with Crippen molar-refractivity contribution in [1.29, 1.82) is 0 Å². The molecule has 0 aliphatic heterocycles. The van der Waals surface area contributed by atoms with Gasteiger partial charge in [0.15, 0.2) is 0 Å². The Hall–Kier alpha value is -1.84. The van der Waals surface area contributed by atoms with E-state index in [-0.39, 0.29) is 17.9 Å². The van der Waals surface area contributed by atoms with Crippen LogP contribution in [0.15, 0.2) is 28.7 Å². The van der Waals surface area contributed by atoms with Crippen LogP contribution in [-0.4, -0.2) is 12.6 Å². The van der Waals surface area contributed by atoms with Gasteiger partial charge in [-0.2, -0.15) is 0 Å². The van der Waals surface area contributed by atoms with Gasteiger partial charge in [-0.25, -0.2) is 9.18 Å². The summed E-state index contributed by atoms with van der Waals surface area (Å²) in [5.74, 6) is -0.656. The Morgan fingerprint density at radius 2 is 2.19 bits per heavy atom. The lowest BCUT2D eigenvalue weighted by atomic mass is 10.1. The van der Waals surface area contributed by atoms with Crippen molar-refractivity contribution in [3.8, 4) is 0 Å². The number of halogens is 1. The van der Waals surface area contributed by atoms with Gasteiger partial charge in [0.1, 0.15) is 12.3 Å². The maximum Gasteiger partial charge on any atom is 0.374 e. The molecule has 0 aliphatic rings. The second-order valence-electron chi connectivity index (χ2n) is 3.26. The van der Waals surface area contributed by atoms with Crippen molar-refractivity contribution in [2.45, 2.75) is 13.6 Å². The lowest BCUT2D eigenvalue weighted by Crippen LogP contribution is -2.05. The quantitative estimate of drug-likeness (QED) is 0.749. The van der Waals surface area contributed by atoms with E-state index in [1.807, 2.05) is 0 Å². The van der Waals surface area contributed by atoms with Crippen molar-refractivity contribution in [3.63, 3.8) is 0 Å². The summed E-state index contributed by atoms with van der Waals surface area (Å²) in [4.78, 5) is 11.5. The molecule has 16 heavy (non-hydrogen) atoms. The molecule has 0 aliphatic carbocycles. The first-order valence-electron chi connectivity index (χ1n) is 5.01. The SMILES string of the molecule is CCOC(=O)c1oc2ccccc2c1CF.